The Hall–Kier alpha value is -1.61. The lowest BCUT2D eigenvalue weighted by Gasteiger charge is -2.25. The smallest absolute Gasteiger partial charge is 0.246 e. The molecule has 1 aliphatic heterocycles. The Bertz CT molecular complexity index is 465. The van der Waals surface area contributed by atoms with Gasteiger partial charge in [-0.05, 0) is 36.8 Å². The Morgan fingerprint density at radius 2 is 1.89 bits per heavy atom. The fraction of sp³-hybridized carbons (Fsp3) is 0.312. The normalized spacial score (nSPS) is 16.9. The summed E-state index contributed by atoms with van der Waals surface area (Å²) in [6.07, 6.45) is 14.9. The molecule has 0 radical (unpaired) electrons. The maximum atomic E-state index is 11.8. The largest absolute Gasteiger partial charge is 0.339 e. The Kier molecular flexibility index (Phi) is 5.63. The highest BCUT2D eigenvalue weighted by molar-refractivity contribution is 7.10. The van der Waals surface area contributed by atoms with Crippen molar-refractivity contribution in [3.05, 3.63) is 52.8 Å². The van der Waals surface area contributed by atoms with Crippen molar-refractivity contribution in [1.29, 1.82) is 0 Å². The van der Waals surface area contributed by atoms with E-state index in [2.05, 4.69) is 17.5 Å². The molecular formula is C16H19NOS. The number of likely N-dealkylation sites (tertiary alicyclic amines) is 1. The molecule has 2 heterocycles. The summed E-state index contributed by atoms with van der Waals surface area (Å²) >= 11 is 1.71. The van der Waals surface area contributed by atoms with E-state index in [4.69, 9.17) is 0 Å². The van der Waals surface area contributed by atoms with Gasteiger partial charge in [-0.1, -0.05) is 30.4 Å². The summed E-state index contributed by atoms with van der Waals surface area (Å²) < 4.78 is 0. The number of carbonyl (C=O) groups is 1. The third-order valence-corrected chi connectivity index (χ3v) is 3.88. The van der Waals surface area contributed by atoms with Crippen molar-refractivity contribution < 1.29 is 4.79 Å². The summed E-state index contributed by atoms with van der Waals surface area (Å²) in [6.45, 7) is 1.82. The number of nitrogens with zero attached hydrogens (tertiary/aromatic N) is 1. The Morgan fingerprint density at radius 3 is 2.63 bits per heavy atom. The van der Waals surface area contributed by atoms with E-state index in [-0.39, 0.29) is 5.91 Å². The highest BCUT2D eigenvalue weighted by Gasteiger charge is 2.12. The number of hydrogen-bond donors (Lipinski definition) is 0. The van der Waals surface area contributed by atoms with E-state index in [9.17, 15) is 4.79 Å². The van der Waals surface area contributed by atoms with E-state index in [0.29, 0.717) is 0 Å². The number of rotatable bonds is 4. The number of thiophene rings is 1. The number of allylic oxidation sites excluding steroid dienone is 4. The second-order valence-corrected chi connectivity index (χ2v) is 5.48. The van der Waals surface area contributed by atoms with E-state index in [0.717, 1.165) is 25.9 Å². The van der Waals surface area contributed by atoms with Gasteiger partial charge >= 0.3 is 0 Å². The van der Waals surface area contributed by atoms with Crippen LogP contribution in [0.25, 0.3) is 6.08 Å². The van der Waals surface area contributed by atoms with Crippen LogP contribution < -0.4 is 0 Å². The summed E-state index contributed by atoms with van der Waals surface area (Å²) in [7, 11) is 0. The zero-order valence-corrected chi connectivity index (χ0v) is 11.8. The van der Waals surface area contributed by atoms with Crippen LogP contribution in [-0.4, -0.2) is 23.9 Å². The topological polar surface area (TPSA) is 20.3 Å². The van der Waals surface area contributed by atoms with Gasteiger partial charge in [0.2, 0.25) is 5.91 Å². The number of carbonyl (C=O) groups excluding carboxylic acids is 1. The number of piperidine rings is 1. The number of hydrogen-bond acceptors (Lipinski definition) is 2. The molecule has 3 heteroatoms. The van der Waals surface area contributed by atoms with Gasteiger partial charge in [0.05, 0.1) is 0 Å². The van der Waals surface area contributed by atoms with Gasteiger partial charge < -0.3 is 4.90 Å². The Balaban J connectivity index is 1.74. The van der Waals surface area contributed by atoms with Crippen LogP contribution in [0.2, 0.25) is 0 Å². The van der Waals surface area contributed by atoms with Gasteiger partial charge in [-0.25, -0.2) is 0 Å². The molecule has 0 spiro atoms. The second kappa shape index (κ2) is 7.74. The summed E-state index contributed by atoms with van der Waals surface area (Å²) in [6, 6.07) is 4.11. The van der Waals surface area contributed by atoms with Crippen molar-refractivity contribution in [1.82, 2.24) is 4.90 Å². The first-order valence-electron chi connectivity index (χ1n) is 6.70. The molecule has 2 nitrogen and oxygen atoms in total. The molecule has 100 valence electrons. The van der Waals surface area contributed by atoms with Crippen LogP contribution in [0.15, 0.2) is 47.9 Å². The lowest BCUT2D eigenvalue weighted by molar-refractivity contribution is -0.126. The average Bonchev–Trinajstić information content (AvgIpc) is 2.96. The van der Waals surface area contributed by atoms with E-state index >= 15 is 0 Å². The maximum absolute atomic E-state index is 11.8. The number of amides is 1. The van der Waals surface area contributed by atoms with Gasteiger partial charge in [0.25, 0.3) is 0 Å². The van der Waals surface area contributed by atoms with Crippen molar-refractivity contribution in [2.75, 3.05) is 13.1 Å². The summed E-state index contributed by atoms with van der Waals surface area (Å²) in [4.78, 5) is 15.0. The minimum Gasteiger partial charge on any atom is -0.339 e. The molecule has 0 aromatic carbocycles. The van der Waals surface area contributed by atoms with Crippen molar-refractivity contribution in [2.24, 2.45) is 0 Å². The fourth-order valence-electron chi connectivity index (χ4n) is 2.02. The molecular weight excluding hydrogens is 254 g/mol. The first kappa shape index (κ1) is 13.8. The fourth-order valence-corrected chi connectivity index (χ4v) is 2.65. The molecule has 1 aromatic rings. The van der Waals surface area contributed by atoms with Gasteiger partial charge in [0, 0.05) is 24.0 Å². The van der Waals surface area contributed by atoms with Crippen LogP contribution in [-0.2, 0) is 4.79 Å². The third kappa shape index (κ3) is 4.87. The minimum absolute atomic E-state index is 0.131. The van der Waals surface area contributed by atoms with Crippen molar-refractivity contribution in [2.45, 2.75) is 19.3 Å². The molecule has 1 aromatic heterocycles. The summed E-state index contributed by atoms with van der Waals surface area (Å²) in [5.41, 5.74) is 0. The predicted molar refractivity (Wildman–Crippen MR) is 82.1 cm³/mol. The quantitative estimate of drug-likeness (QED) is 0.602. The zero-order chi connectivity index (χ0) is 13.3. The average molecular weight is 273 g/mol. The minimum atomic E-state index is 0.131. The first-order chi connectivity index (χ1) is 9.36. The van der Waals surface area contributed by atoms with Crippen LogP contribution >= 0.6 is 11.3 Å². The van der Waals surface area contributed by atoms with Crippen LogP contribution in [0, 0.1) is 0 Å². The lowest BCUT2D eigenvalue weighted by atomic mass is 10.1. The molecule has 2 rings (SSSR count). The lowest BCUT2D eigenvalue weighted by Crippen LogP contribution is -2.34. The van der Waals surface area contributed by atoms with Crippen molar-refractivity contribution in [3.63, 3.8) is 0 Å². The molecule has 0 unspecified atom stereocenters. The van der Waals surface area contributed by atoms with Gasteiger partial charge in [0.1, 0.15) is 0 Å². The zero-order valence-electron chi connectivity index (χ0n) is 11.0. The molecule has 0 aliphatic carbocycles. The van der Waals surface area contributed by atoms with Crippen LogP contribution in [0.3, 0.4) is 0 Å². The van der Waals surface area contributed by atoms with E-state index in [1.165, 1.54) is 11.3 Å². The molecule has 1 fully saturated rings. The van der Waals surface area contributed by atoms with E-state index in [1.807, 2.05) is 35.3 Å². The monoisotopic (exact) mass is 273 g/mol. The Labute approximate surface area is 118 Å². The van der Waals surface area contributed by atoms with Crippen molar-refractivity contribution in [3.8, 4) is 0 Å². The molecule has 0 atom stereocenters. The molecule has 0 N–H and O–H groups in total. The molecule has 1 amide bonds. The van der Waals surface area contributed by atoms with Gasteiger partial charge in [-0.2, -0.15) is 0 Å². The van der Waals surface area contributed by atoms with Crippen LogP contribution in [0.1, 0.15) is 24.1 Å². The van der Waals surface area contributed by atoms with Crippen LogP contribution in [0.5, 0.6) is 0 Å². The predicted octanol–water partition coefficient (Wildman–Crippen LogP) is 3.89. The molecule has 0 saturated carbocycles. The summed E-state index contributed by atoms with van der Waals surface area (Å²) in [5.74, 6) is 0.131. The molecule has 0 bridgehead atoms. The first-order valence-corrected chi connectivity index (χ1v) is 7.58. The third-order valence-electron chi connectivity index (χ3n) is 3.04. The molecule has 19 heavy (non-hydrogen) atoms. The molecule has 1 aliphatic rings. The van der Waals surface area contributed by atoms with Crippen molar-refractivity contribution >= 4 is 23.3 Å². The van der Waals surface area contributed by atoms with Gasteiger partial charge in [-0.15, -0.1) is 11.3 Å². The highest BCUT2D eigenvalue weighted by atomic mass is 32.1. The van der Waals surface area contributed by atoms with E-state index < -0.39 is 0 Å². The van der Waals surface area contributed by atoms with E-state index in [1.54, 1.807) is 17.4 Å². The Morgan fingerprint density at radius 1 is 1.11 bits per heavy atom. The maximum Gasteiger partial charge on any atom is 0.246 e. The van der Waals surface area contributed by atoms with Gasteiger partial charge in [-0.3, -0.25) is 4.79 Å². The van der Waals surface area contributed by atoms with Gasteiger partial charge in [0.15, 0.2) is 0 Å². The SMILES string of the molecule is O=C(/C=C/C=C/C=C/c1cccs1)N1CCCCC1. The second-order valence-electron chi connectivity index (χ2n) is 4.50. The van der Waals surface area contributed by atoms with Crippen LogP contribution in [0.4, 0.5) is 0 Å². The summed E-state index contributed by atoms with van der Waals surface area (Å²) in [5, 5.41) is 2.06. The molecule has 1 saturated heterocycles. The standard InChI is InChI=1S/C16H19NOS/c18-16(17-12-6-3-7-13-17)11-5-2-1-4-9-15-10-8-14-19-15/h1-2,4-5,8-11,14H,3,6-7,12-13H2/b2-1+,9-4+,11-5+. The highest BCUT2D eigenvalue weighted by Crippen LogP contribution is 2.10.